The van der Waals surface area contributed by atoms with Gasteiger partial charge in [0.1, 0.15) is 11.6 Å². The number of rotatable bonds is 5. The summed E-state index contributed by atoms with van der Waals surface area (Å²) in [7, 11) is 1.82. The summed E-state index contributed by atoms with van der Waals surface area (Å²) in [6.07, 6.45) is 4.60. The number of fused-ring (bicyclic) bond motifs is 1. The lowest BCUT2D eigenvalue weighted by atomic mass is 10.1. The Balaban J connectivity index is 1.45. The summed E-state index contributed by atoms with van der Waals surface area (Å²) in [6, 6.07) is 11.7. The van der Waals surface area contributed by atoms with Crippen molar-refractivity contribution in [3.05, 3.63) is 77.9 Å². The predicted molar refractivity (Wildman–Crippen MR) is 110 cm³/mol. The van der Waals surface area contributed by atoms with Crippen molar-refractivity contribution >= 4 is 28.5 Å². The summed E-state index contributed by atoms with van der Waals surface area (Å²) in [5.74, 6) is -0.742. The van der Waals surface area contributed by atoms with Gasteiger partial charge < -0.3 is 15.7 Å². The van der Waals surface area contributed by atoms with E-state index in [9.17, 15) is 14.7 Å². The van der Waals surface area contributed by atoms with Gasteiger partial charge in [0.05, 0.1) is 17.3 Å². The van der Waals surface area contributed by atoms with Gasteiger partial charge in [0.2, 0.25) is 0 Å². The van der Waals surface area contributed by atoms with Crippen LogP contribution < -0.4 is 10.6 Å². The summed E-state index contributed by atoms with van der Waals surface area (Å²) in [6.45, 7) is 0.246. The molecule has 0 fully saturated rings. The molecule has 0 bridgehead atoms. The fraction of sp³-hybridized carbons (Fsp3) is 0.0952. The van der Waals surface area contributed by atoms with Crippen LogP contribution in [0.15, 0.2) is 61.1 Å². The molecule has 0 saturated carbocycles. The SMILES string of the molecule is Cn1ncc2c(C(=O)NCc3ccnc(NC(=O)c4ncccc4O)c3)cccc21. The molecule has 4 aromatic rings. The molecule has 0 radical (unpaired) electrons. The number of amides is 2. The zero-order valence-corrected chi connectivity index (χ0v) is 16.0. The minimum Gasteiger partial charge on any atom is -0.505 e. The smallest absolute Gasteiger partial charge is 0.279 e. The van der Waals surface area contributed by atoms with Crippen LogP contribution in [0.25, 0.3) is 10.9 Å². The lowest BCUT2D eigenvalue weighted by Crippen LogP contribution is -2.23. The van der Waals surface area contributed by atoms with Gasteiger partial charge in [-0.1, -0.05) is 6.07 Å². The van der Waals surface area contributed by atoms with E-state index in [1.807, 2.05) is 19.2 Å². The number of anilines is 1. The Kier molecular flexibility index (Phi) is 5.08. The van der Waals surface area contributed by atoms with Gasteiger partial charge in [-0.05, 0) is 42.0 Å². The van der Waals surface area contributed by atoms with Crippen LogP contribution in [0.1, 0.15) is 26.4 Å². The van der Waals surface area contributed by atoms with Gasteiger partial charge in [-0.2, -0.15) is 5.10 Å². The van der Waals surface area contributed by atoms with Crippen LogP contribution in [0.3, 0.4) is 0 Å². The van der Waals surface area contributed by atoms with Gasteiger partial charge in [0, 0.05) is 31.4 Å². The topological polar surface area (TPSA) is 122 Å². The van der Waals surface area contributed by atoms with Gasteiger partial charge in [0.15, 0.2) is 5.69 Å². The highest BCUT2D eigenvalue weighted by Crippen LogP contribution is 2.18. The zero-order valence-electron chi connectivity index (χ0n) is 16.0. The molecule has 0 aliphatic rings. The maximum absolute atomic E-state index is 12.7. The van der Waals surface area contributed by atoms with Crippen molar-refractivity contribution in [3.63, 3.8) is 0 Å². The van der Waals surface area contributed by atoms with E-state index < -0.39 is 5.91 Å². The minimum atomic E-state index is -0.579. The van der Waals surface area contributed by atoms with Crippen molar-refractivity contribution in [2.45, 2.75) is 6.54 Å². The van der Waals surface area contributed by atoms with E-state index in [2.05, 4.69) is 25.7 Å². The second kappa shape index (κ2) is 8.00. The van der Waals surface area contributed by atoms with Gasteiger partial charge >= 0.3 is 0 Å². The third-order valence-corrected chi connectivity index (χ3v) is 4.56. The molecule has 3 heterocycles. The monoisotopic (exact) mass is 402 g/mol. The number of hydrogen-bond donors (Lipinski definition) is 3. The molecule has 2 amide bonds. The second-order valence-corrected chi connectivity index (χ2v) is 6.56. The summed E-state index contributed by atoms with van der Waals surface area (Å²) < 4.78 is 1.71. The quantitative estimate of drug-likeness (QED) is 0.471. The first-order valence-electron chi connectivity index (χ1n) is 9.12. The predicted octanol–water partition coefficient (Wildman–Crippen LogP) is 2.25. The van der Waals surface area contributed by atoms with E-state index in [-0.39, 0.29) is 29.7 Å². The standard InChI is InChI=1S/C21H18N6O3/c1-27-16-5-2-4-14(15(16)12-25-27)20(29)24-11-13-7-9-22-18(10-13)26-21(30)19-17(28)6-3-8-23-19/h2-10,12,28H,11H2,1H3,(H,24,29)(H,22,26,30). The maximum atomic E-state index is 12.7. The number of nitrogens with one attached hydrogen (secondary N) is 2. The van der Waals surface area contributed by atoms with E-state index in [0.717, 1.165) is 16.5 Å². The molecule has 0 aliphatic carbocycles. The van der Waals surface area contributed by atoms with Crippen molar-refractivity contribution < 1.29 is 14.7 Å². The van der Waals surface area contributed by atoms with E-state index in [4.69, 9.17) is 0 Å². The fourth-order valence-electron chi connectivity index (χ4n) is 3.05. The van der Waals surface area contributed by atoms with Gasteiger partial charge in [0.25, 0.3) is 11.8 Å². The van der Waals surface area contributed by atoms with Gasteiger partial charge in [-0.15, -0.1) is 0 Å². The van der Waals surface area contributed by atoms with Gasteiger partial charge in [-0.3, -0.25) is 14.3 Å². The number of hydrogen-bond acceptors (Lipinski definition) is 6. The summed E-state index contributed by atoms with van der Waals surface area (Å²) in [5, 5.41) is 20.2. The molecular weight excluding hydrogens is 384 g/mol. The van der Waals surface area contributed by atoms with Crippen LogP contribution in [0, 0.1) is 0 Å². The van der Waals surface area contributed by atoms with Gasteiger partial charge in [-0.25, -0.2) is 9.97 Å². The first-order chi connectivity index (χ1) is 14.5. The van der Waals surface area contributed by atoms with Crippen molar-refractivity contribution in [2.75, 3.05) is 5.32 Å². The van der Waals surface area contributed by atoms with Crippen molar-refractivity contribution in [1.82, 2.24) is 25.1 Å². The normalized spacial score (nSPS) is 10.7. The van der Waals surface area contributed by atoms with Crippen molar-refractivity contribution in [2.24, 2.45) is 7.05 Å². The molecule has 3 aromatic heterocycles. The number of carbonyl (C=O) groups is 2. The molecule has 9 nitrogen and oxygen atoms in total. The van der Waals surface area contributed by atoms with E-state index in [1.54, 1.807) is 29.1 Å². The lowest BCUT2D eigenvalue weighted by molar-refractivity contribution is 0.0951. The lowest BCUT2D eigenvalue weighted by Gasteiger charge is -2.09. The molecule has 0 atom stereocenters. The number of benzene rings is 1. The molecule has 0 spiro atoms. The Labute approximate surface area is 171 Å². The van der Waals surface area contributed by atoms with Crippen LogP contribution in [0.4, 0.5) is 5.82 Å². The highest BCUT2D eigenvalue weighted by atomic mass is 16.3. The molecule has 0 aliphatic heterocycles. The highest BCUT2D eigenvalue weighted by Gasteiger charge is 2.14. The first kappa shape index (κ1) is 19.1. The minimum absolute atomic E-state index is 0.0948. The van der Waals surface area contributed by atoms with Crippen LogP contribution in [0.2, 0.25) is 0 Å². The molecule has 9 heteroatoms. The largest absolute Gasteiger partial charge is 0.505 e. The van der Waals surface area contributed by atoms with Crippen LogP contribution >= 0.6 is 0 Å². The number of aromatic nitrogens is 4. The molecule has 0 unspecified atom stereocenters. The fourth-order valence-corrected chi connectivity index (χ4v) is 3.05. The summed E-state index contributed by atoms with van der Waals surface area (Å²) in [5.41, 5.74) is 2.06. The van der Waals surface area contributed by atoms with E-state index >= 15 is 0 Å². The molecule has 30 heavy (non-hydrogen) atoms. The zero-order chi connectivity index (χ0) is 21.1. The van der Waals surface area contributed by atoms with Crippen molar-refractivity contribution in [1.29, 1.82) is 0 Å². The number of carbonyl (C=O) groups excluding carboxylic acids is 2. The maximum Gasteiger partial charge on any atom is 0.279 e. The number of pyridine rings is 2. The average Bonchev–Trinajstić information content (AvgIpc) is 3.13. The Bertz CT molecular complexity index is 1250. The Hall–Kier alpha value is -4.27. The van der Waals surface area contributed by atoms with E-state index in [0.29, 0.717) is 5.56 Å². The molecule has 3 N–H and O–H groups in total. The average molecular weight is 402 g/mol. The second-order valence-electron chi connectivity index (χ2n) is 6.56. The van der Waals surface area contributed by atoms with Crippen LogP contribution in [0.5, 0.6) is 5.75 Å². The van der Waals surface area contributed by atoms with E-state index in [1.165, 1.54) is 24.5 Å². The molecule has 4 rings (SSSR count). The number of aromatic hydroxyl groups is 1. The molecular formula is C21H18N6O3. The summed E-state index contributed by atoms with van der Waals surface area (Å²) >= 11 is 0. The third-order valence-electron chi connectivity index (χ3n) is 4.56. The number of nitrogens with zero attached hydrogens (tertiary/aromatic N) is 4. The van der Waals surface area contributed by atoms with Crippen LogP contribution in [-0.4, -0.2) is 36.7 Å². The Morgan fingerprint density at radius 1 is 1.07 bits per heavy atom. The first-order valence-corrected chi connectivity index (χ1v) is 9.12. The number of aryl methyl sites for hydroxylation is 1. The molecule has 150 valence electrons. The third kappa shape index (κ3) is 3.81. The molecule has 1 aromatic carbocycles. The van der Waals surface area contributed by atoms with Crippen LogP contribution in [-0.2, 0) is 13.6 Å². The van der Waals surface area contributed by atoms with Crippen molar-refractivity contribution in [3.8, 4) is 5.75 Å². The highest BCUT2D eigenvalue weighted by molar-refractivity contribution is 6.06. The summed E-state index contributed by atoms with van der Waals surface area (Å²) in [4.78, 5) is 32.9. The Morgan fingerprint density at radius 2 is 1.93 bits per heavy atom. The Morgan fingerprint density at radius 3 is 2.77 bits per heavy atom. The molecule has 0 saturated heterocycles.